The molecule has 0 saturated heterocycles. The smallest absolute Gasteiger partial charge is 0.112 e. The topological polar surface area (TPSA) is 17.8 Å². The van der Waals surface area contributed by atoms with Crippen LogP contribution in [-0.4, -0.2) is 9.55 Å². The molecule has 0 amide bonds. The van der Waals surface area contributed by atoms with E-state index in [1.165, 1.54) is 5.56 Å². The van der Waals surface area contributed by atoms with Crippen LogP contribution in [0.25, 0.3) is 11.3 Å². The standard InChI is InChI=1S/C13H15BrN2/c1-4-10-5-7-11(8-6-10)12-13(14)16(3)9(2)15-12/h5-8H,4H2,1-3H3. The molecule has 0 atom stereocenters. The molecule has 1 aromatic heterocycles. The Kier molecular flexibility index (Phi) is 3.15. The van der Waals surface area contributed by atoms with Crippen molar-refractivity contribution < 1.29 is 0 Å². The van der Waals surface area contributed by atoms with Gasteiger partial charge in [-0.15, -0.1) is 0 Å². The van der Waals surface area contributed by atoms with Gasteiger partial charge < -0.3 is 4.57 Å². The van der Waals surface area contributed by atoms with E-state index in [0.717, 1.165) is 28.1 Å². The summed E-state index contributed by atoms with van der Waals surface area (Å²) in [6.07, 6.45) is 1.07. The Labute approximate surface area is 104 Å². The largest absolute Gasteiger partial charge is 0.326 e. The fraction of sp³-hybridized carbons (Fsp3) is 0.308. The second kappa shape index (κ2) is 4.42. The predicted molar refractivity (Wildman–Crippen MR) is 70.5 cm³/mol. The van der Waals surface area contributed by atoms with Crippen LogP contribution in [0.5, 0.6) is 0 Å². The third-order valence-corrected chi connectivity index (χ3v) is 3.79. The fourth-order valence-corrected chi connectivity index (χ4v) is 2.24. The first-order valence-electron chi connectivity index (χ1n) is 5.41. The van der Waals surface area contributed by atoms with E-state index in [4.69, 9.17) is 0 Å². The first-order chi connectivity index (χ1) is 7.63. The highest BCUT2D eigenvalue weighted by Crippen LogP contribution is 2.27. The van der Waals surface area contributed by atoms with Gasteiger partial charge in [-0.05, 0) is 34.8 Å². The van der Waals surface area contributed by atoms with Gasteiger partial charge in [-0.25, -0.2) is 4.98 Å². The summed E-state index contributed by atoms with van der Waals surface area (Å²) < 4.78 is 3.08. The molecule has 0 fully saturated rings. The van der Waals surface area contributed by atoms with Crippen LogP contribution < -0.4 is 0 Å². The number of nitrogens with zero attached hydrogens (tertiary/aromatic N) is 2. The van der Waals surface area contributed by atoms with Crippen molar-refractivity contribution in [2.75, 3.05) is 0 Å². The molecule has 0 aliphatic rings. The van der Waals surface area contributed by atoms with Gasteiger partial charge in [-0.1, -0.05) is 31.2 Å². The Morgan fingerprint density at radius 2 is 1.88 bits per heavy atom. The lowest BCUT2D eigenvalue weighted by atomic mass is 10.1. The molecule has 0 aliphatic heterocycles. The van der Waals surface area contributed by atoms with E-state index < -0.39 is 0 Å². The molecule has 2 aromatic rings. The van der Waals surface area contributed by atoms with Gasteiger partial charge in [0.1, 0.15) is 16.1 Å². The molecule has 2 nitrogen and oxygen atoms in total. The lowest BCUT2D eigenvalue weighted by Gasteiger charge is -2.01. The summed E-state index contributed by atoms with van der Waals surface area (Å²) in [7, 11) is 2.01. The molecule has 0 radical (unpaired) electrons. The van der Waals surface area contributed by atoms with Crippen molar-refractivity contribution in [2.24, 2.45) is 7.05 Å². The van der Waals surface area contributed by atoms with Crippen molar-refractivity contribution in [3.05, 3.63) is 40.3 Å². The van der Waals surface area contributed by atoms with Crippen LogP contribution in [0.3, 0.4) is 0 Å². The van der Waals surface area contributed by atoms with Gasteiger partial charge in [0.05, 0.1) is 0 Å². The number of imidazole rings is 1. The van der Waals surface area contributed by atoms with Crippen LogP contribution in [0.2, 0.25) is 0 Å². The fourth-order valence-electron chi connectivity index (χ4n) is 1.67. The second-order valence-electron chi connectivity index (χ2n) is 3.91. The molecule has 0 N–H and O–H groups in total. The number of hydrogen-bond acceptors (Lipinski definition) is 1. The molecule has 0 spiro atoms. The summed E-state index contributed by atoms with van der Waals surface area (Å²) >= 11 is 3.57. The van der Waals surface area contributed by atoms with E-state index in [9.17, 15) is 0 Å². The highest BCUT2D eigenvalue weighted by Gasteiger charge is 2.10. The molecule has 0 aliphatic carbocycles. The van der Waals surface area contributed by atoms with E-state index in [-0.39, 0.29) is 0 Å². The van der Waals surface area contributed by atoms with Gasteiger partial charge in [-0.2, -0.15) is 0 Å². The Hall–Kier alpha value is -1.09. The zero-order chi connectivity index (χ0) is 11.7. The van der Waals surface area contributed by atoms with Crippen LogP contribution in [0.4, 0.5) is 0 Å². The van der Waals surface area contributed by atoms with Gasteiger partial charge >= 0.3 is 0 Å². The van der Waals surface area contributed by atoms with Gasteiger partial charge in [-0.3, -0.25) is 0 Å². The molecule has 16 heavy (non-hydrogen) atoms. The van der Waals surface area contributed by atoms with E-state index >= 15 is 0 Å². The molecule has 0 saturated carbocycles. The summed E-state index contributed by atoms with van der Waals surface area (Å²) in [6.45, 7) is 4.17. The molecule has 2 rings (SSSR count). The summed E-state index contributed by atoms with van der Waals surface area (Å²) in [6, 6.07) is 8.58. The van der Waals surface area contributed by atoms with Crippen molar-refractivity contribution in [2.45, 2.75) is 20.3 Å². The molecule has 3 heteroatoms. The minimum Gasteiger partial charge on any atom is -0.326 e. The van der Waals surface area contributed by atoms with Crippen molar-refractivity contribution in [3.63, 3.8) is 0 Å². The van der Waals surface area contributed by atoms with Crippen LogP contribution >= 0.6 is 15.9 Å². The molecular weight excluding hydrogens is 264 g/mol. The maximum absolute atomic E-state index is 4.55. The molecule has 0 bridgehead atoms. The number of hydrogen-bond donors (Lipinski definition) is 0. The summed E-state index contributed by atoms with van der Waals surface area (Å²) in [5.41, 5.74) is 3.53. The van der Waals surface area contributed by atoms with E-state index in [0.29, 0.717) is 0 Å². The zero-order valence-electron chi connectivity index (χ0n) is 9.79. The average Bonchev–Trinajstić information content (AvgIpc) is 2.57. The van der Waals surface area contributed by atoms with Crippen molar-refractivity contribution >= 4 is 15.9 Å². The van der Waals surface area contributed by atoms with Gasteiger partial charge in [0, 0.05) is 12.6 Å². The number of aryl methyl sites for hydroxylation is 2. The zero-order valence-corrected chi connectivity index (χ0v) is 11.4. The Morgan fingerprint density at radius 3 is 2.31 bits per heavy atom. The van der Waals surface area contributed by atoms with Crippen molar-refractivity contribution in [3.8, 4) is 11.3 Å². The Bertz CT molecular complexity index is 497. The number of halogens is 1. The summed E-state index contributed by atoms with van der Waals surface area (Å²) in [5.74, 6) is 1.02. The minimum atomic E-state index is 1.02. The number of rotatable bonds is 2. The third kappa shape index (κ3) is 1.92. The van der Waals surface area contributed by atoms with Gasteiger partial charge in [0.15, 0.2) is 0 Å². The quantitative estimate of drug-likeness (QED) is 0.819. The molecule has 1 aromatic carbocycles. The normalized spacial score (nSPS) is 10.8. The Balaban J connectivity index is 2.46. The van der Waals surface area contributed by atoms with Gasteiger partial charge in [0.2, 0.25) is 0 Å². The number of benzene rings is 1. The van der Waals surface area contributed by atoms with E-state index in [2.05, 4.69) is 52.1 Å². The van der Waals surface area contributed by atoms with Crippen molar-refractivity contribution in [1.29, 1.82) is 0 Å². The summed E-state index contributed by atoms with van der Waals surface area (Å²) in [4.78, 5) is 4.55. The maximum atomic E-state index is 4.55. The summed E-state index contributed by atoms with van der Waals surface area (Å²) in [5, 5.41) is 0. The second-order valence-corrected chi connectivity index (χ2v) is 4.66. The highest BCUT2D eigenvalue weighted by molar-refractivity contribution is 9.10. The highest BCUT2D eigenvalue weighted by atomic mass is 79.9. The molecule has 1 heterocycles. The van der Waals surface area contributed by atoms with Crippen LogP contribution in [0.1, 0.15) is 18.3 Å². The van der Waals surface area contributed by atoms with E-state index in [1.807, 2.05) is 18.5 Å². The van der Waals surface area contributed by atoms with Crippen LogP contribution in [0.15, 0.2) is 28.9 Å². The number of aromatic nitrogens is 2. The first kappa shape index (κ1) is 11.4. The Morgan fingerprint density at radius 1 is 1.25 bits per heavy atom. The molecule has 84 valence electrons. The molecular formula is C13H15BrN2. The first-order valence-corrected chi connectivity index (χ1v) is 6.21. The minimum absolute atomic E-state index is 1.02. The van der Waals surface area contributed by atoms with Crippen LogP contribution in [0, 0.1) is 6.92 Å². The SMILES string of the molecule is CCc1ccc(-c2nc(C)n(C)c2Br)cc1. The average molecular weight is 279 g/mol. The monoisotopic (exact) mass is 278 g/mol. The van der Waals surface area contributed by atoms with Crippen molar-refractivity contribution in [1.82, 2.24) is 9.55 Å². The molecule has 0 unspecified atom stereocenters. The predicted octanol–water partition coefficient (Wildman–Crippen LogP) is 3.72. The van der Waals surface area contributed by atoms with E-state index in [1.54, 1.807) is 0 Å². The third-order valence-electron chi connectivity index (χ3n) is 2.88. The van der Waals surface area contributed by atoms with Gasteiger partial charge in [0.25, 0.3) is 0 Å². The lowest BCUT2D eigenvalue weighted by molar-refractivity contribution is 0.840. The van der Waals surface area contributed by atoms with Crippen LogP contribution in [-0.2, 0) is 13.5 Å². The lowest BCUT2D eigenvalue weighted by Crippen LogP contribution is -1.90. The maximum Gasteiger partial charge on any atom is 0.112 e.